The lowest BCUT2D eigenvalue weighted by atomic mass is 9.66. The maximum absolute atomic E-state index is 14.4. The van der Waals surface area contributed by atoms with Crippen LogP contribution in [0.3, 0.4) is 0 Å². The van der Waals surface area contributed by atoms with Crippen LogP contribution in [-0.2, 0) is 21.5 Å². The number of alkyl halides is 2. The fraction of sp³-hybridized carbons (Fsp3) is 0.500. The lowest BCUT2D eigenvalue weighted by Gasteiger charge is -2.41. The maximum atomic E-state index is 14.4. The molecular formula is C28H32F3N7O3S. The molecule has 2 amide bonds. The number of amides is 2. The molecule has 224 valence electrons. The van der Waals surface area contributed by atoms with Crippen LogP contribution >= 0.6 is 11.3 Å². The van der Waals surface area contributed by atoms with Crippen molar-refractivity contribution in [3.05, 3.63) is 53.0 Å². The Morgan fingerprint density at radius 3 is 2.60 bits per heavy atom. The number of hydrogen-bond donors (Lipinski definition) is 2. The van der Waals surface area contributed by atoms with Crippen molar-refractivity contribution < 1.29 is 27.5 Å². The number of halogens is 3. The number of hydrogen-bond acceptors (Lipinski definition) is 9. The van der Waals surface area contributed by atoms with E-state index < -0.39 is 42.5 Å². The minimum Gasteiger partial charge on any atom is -0.444 e. The van der Waals surface area contributed by atoms with Crippen LogP contribution in [0.1, 0.15) is 57.0 Å². The summed E-state index contributed by atoms with van der Waals surface area (Å²) in [7, 11) is 0. The summed E-state index contributed by atoms with van der Waals surface area (Å²) in [6.07, 6.45) is 4.10. The molecule has 2 fully saturated rings. The molecule has 0 spiro atoms. The fourth-order valence-corrected chi connectivity index (χ4v) is 5.86. The van der Waals surface area contributed by atoms with E-state index >= 15 is 0 Å². The van der Waals surface area contributed by atoms with Gasteiger partial charge < -0.3 is 15.4 Å². The Labute approximate surface area is 245 Å². The molecule has 3 aromatic heterocycles. The third-order valence-electron chi connectivity index (χ3n) is 7.25. The van der Waals surface area contributed by atoms with Gasteiger partial charge in [0.1, 0.15) is 34.0 Å². The van der Waals surface area contributed by atoms with Crippen molar-refractivity contribution in [3.8, 4) is 10.7 Å². The third-order valence-corrected chi connectivity index (χ3v) is 8.27. The number of thiazole rings is 1. The van der Waals surface area contributed by atoms with E-state index in [1.807, 2.05) is 0 Å². The summed E-state index contributed by atoms with van der Waals surface area (Å²) in [5, 5.41) is 14.9. The van der Waals surface area contributed by atoms with Gasteiger partial charge in [0.15, 0.2) is 0 Å². The molecule has 14 heteroatoms. The molecule has 1 aliphatic heterocycles. The number of nitrogens with one attached hydrogen (secondary N) is 2. The van der Waals surface area contributed by atoms with E-state index in [0.29, 0.717) is 33.6 Å². The predicted molar refractivity (Wildman–Crippen MR) is 149 cm³/mol. The first-order valence-electron chi connectivity index (χ1n) is 13.6. The van der Waals surface area contributed by atoms with E-state index in [9.17, 15) is 22.8 Å². The van der Waals surface area contributed by atoms with Crippen LogP contribution in [0.15, 0.2) is 36.7 Å². The highest BCUT2D eigenvalue weighted by Gasteiger charge is 2.51. The van der Waals surface area contributed by atoms with Crippen LogP contribution in [0.25, 0.3) is 10.7 Å². The number of carbonyl (C=O) groups excluding carboxylic acids is 2. The molecule has 2 N–H and O–H groups in total. The zero-order valence-corrected chi connectivity index (χ0v) is 24.3. The highest BCUT2D eigenvalue weighted by atomic mass is 32.1. The number of anilines is 1. The molecule has 10 nitrogen and oxygen atoms in total. The first-order chi connectivity index (χ1) is 19.8. The number of rotatable bonds is 8. The number of likely N-dealkylation sites (tertiary alicyclic amines) is 1. The van der Waals surface area contributed by atoms with Crippen LogP contribution in [-0.4, -0.2) is 67.7 Å². The molecule has 1 saturated heterocycles. The highest BCUT2D eigenvalue weighted by Crippen LogP contribution is 2.43. The van der Waals surface area contributed by atoms with Gasteiger partial charge in [-0.05, 0) is 57.9 Å². The fourth-order valence-electron chi connectivity index (χ4n) is 5.04. The van der Waals surface area contributed by atoms with Crippen LogP contribution in [0, 0.1) is 5.82 Å². The van der Waals surface area contributed by atoms with Crippen molar-refractivity contribution in [2.75, 3.05) is 18.4 Å². The van der Waals surface area contributed by atoms with E-state index in [0.717, 1.165) is 24.2 Å². The molecule has 3 aromatic rings. The second kappa shape index (κ2) is 11.5. The molecular weight excluding hydrogens is 571 g/mol. The lowest BCUT2D eigenvalue weighted by molar-refractivity contribution is -0.125. The van der Waals surface area contributed by atoms with E-state index in [-0.39, 0.29) is 17.8 Å². The standard InChI is InChI=1S/C28H32F3N7O3S/c1-26(2,3)41-25(40)38-16-28(30,31)12-20(38)23(39)33-13-17-14-34-24(42-17)19-7-8-21(37-36-19)35-15-27(9-5-10-27)22-18(29)6-4-11-32-22/h4,6-8,11,14,20H,5,9-10,12-13,15-16H2,1-3H3,(H,33,39)(H,35,37)/t20-/m0/s1. The van der Waals surface area contributed by atoms with Gasteiger partial charge in [0.2, 0.25) is 5.91 Å². The summed E-state index contributed by atoms with van der Waals surface area (Å²) in [6, 6.07) is 5.18. The Hall–Kier alpha value is -3.81. The molecule has 42 heavy (non-hydrogen) atoms. The zero-order chi connectivity index (χ0) is 30.1. The number of nitrogens with zero attached hydrogens (tertiary/aromatic N) is 5. The van der Waals surface area contributed by atoms with Gasteiger partial charge in [-0.15, -0.1) is 21.5 Å². The molecule has 0 radical (unpaired) electrons. The molecule has 1 atom stereocenters. The quantitative estimate of drug-likeness (QED) is 0.372. The number of aromatic nitrogens is 4. The van der Waals surface area contributed by atoms with Crippen LogP contribution < -0.4 is 10.6 Å². The van der Waals surface area contributed by atoms with Crippen LogP contribution in [0.2, 0.25) is 0 Å². The number of pyridine rings is 1. The van der Waals surface area contributed by atoms with Gasteiger partial charge in [0.25, 0.3) is 5.92 Å². The summed E-state index contributed by atoms with van der Waals surface area (Å²) in [5.74, 6) is -3.66. The third kappa shape index (κ3) is 6.63. The van der Waals surface area contributed by atoms with Gasteiger partial charge in [-0.3, -0.25) is 14.7 Å². The van der Waals surface area contributed by atoms with Gasteiger partial charge >= 0.3 is 6.09 Å². The smallest absolute Gasteiger partial charge is 0.411 e. The first kappa shape index (κ1) is 29.7. The monoisotopic (exact) mass is 603 g/mol. The summed E-state index contributed by atoms with van der Waals surface area (Å²) in [5.41, 5.74) is -0.276. The van der Waals surface area contributed by atoms with E-state index in [1.165, 1.54) is 17.4 Å². The van der Waals surface area contributed by atoms with Crippen LogP contribution in [0.5, 0.6) is 0 Å². The summed E-state index contributed by atoms with van der Waals surface area (Å²) in [6.45, 7) is 4.52. The Morgan fingerprint density at radius 2 is 1.95 bits per heavy atom. The van der Waals surface area contributed by atoms with Gasteiger partial charge in [-0.1, -0.05) is 6.42 Å². The van der Waals surface area contributed by atoms with Gasteiger partial charge in [-0.2, -0.15) is 0 Å². The average molecular weight is 604 g/mol. The Kier molecular flexibility index (Phi) is 8.10. The minimum atomic E-state index is -3.19. The van der Waals surface area contributed by atoms with E-state index in [1.54, 1.807) is 51.4 Å². The summed E-state index contributed by atoms with van der Waals surface area (Å²) < 4.78 is 47.9. The second-order valence-corrected chi connectivity index (χ2v) is 12.8. The van der Waals surface area contributed by atoms with E-state index in [4.69, 9.17) is 4.74 Å². The van der Waals surface area contributed by atoms with Crippen molar-refractivity contribution in [3.63, 3.8) is 0 Å². The molecule has 0 bridgehead atoms. The Bertz CT molecular complexity index is 1440. The van der Waals surface area contributed by atoms with Crippen molar-refractivity contribution in [2.24, 2.45) is 0 Å². The number of ether oxygens (including phenoxy) is 1. The predicted octanol–water partition coefficient (Wildman–Crippen LogP) is 4.93. The summed E-state index contributed by atoms with van der Waals surface area (Å²) >= 11 is 1.27. The first-order valence-corrected chi connectivity index (χ1v) is 14.4. The zero-order valence-electron chi connectivity index (χ0n) is 23.5. The normalized spacial score (nSPS) is 19.2. The average Bonchev–Trinajstić information content (AvgIpc) is 3.51. The van der Waals surface area contributed by atoms with Crippen LogP contribution in [0.4, 0.5) is 23.8 Å². The van der Waals surface area contributed by atoms with Gasteiger partial charge in [-0.25, -0.2) is 22.9 Å². The van der Waals surface area contributed by atoms with Crippen molar-refractivity contribution in [2.45, 2.75) is 76.0 Å². The Morgan fingerprint density at radius 1 is 1.17 bits per heavy atom. The number of carbonyl (C=O) groups is 2. The van der Waals surface area contributed by atoms with Gasteiger partial charge in [0.05, 0.1) is 18.8 Å². The van der Waals surface area contributed by atoms with Crippen molar-refractivity contribution in [1.29, 1.82) is 0 Å². The topological polar surface area (TPSA) is 122 Å². The molecule has 4 heterocycles. The van der Waals surface area contributed by atoms with Crippen molar-refractivity contribution >= 4 is 29.2 Å². The summed E-state index contributed by atoms with van der Waals surface area (Å²) in [4.78, 5) is 35.3. The minimum absolute atomic E-state index is 0.0416. The van der Waals surface area contributed by atoms with E-state index in [2.05, 4.69) is 30.8 Å². The second-order valence-electron chi connectivity index (χ2n) is 11.7. The maximum Gasteiger partial charge on any atom is 0.411 e. The molecule has 2 aliphatic rings. The lowest BCUT2D eigenvalue weighted by Crippen LogP contribution is -2.47. The van der Waals surface area contributed by atoms with Gasteiger partial charge in [0, 0.05) is 35.7 Å². The molecule has 1 saturated carbocycles. The van der Waals surface area contributed by atoms with Crippen molar-refractivity contribution in [1.82, 2.24) is 30.4 Å². The Balaban J connectivity index is 1.17. The molecule has 0 unspecified atom stereocenters. The highest BCUT2D eigenvalue weighted by molar-refractivity contribution is 7.15. The molecule has 0 aromatic carbocycles. The largest absolute Gasteiger partial charge is 0.444 e. The molecule has 5 rings (SSSR count). The SMILES string of the molecule is CC(C)(C)OC(=O)N1CC(F)(F)C[C@H]1C(=O)NCc1cnc(-c2ccc(NCC3(c4ncccc4F)CCC3)nn2)s1. The molecule has 1 aliphatic carbocycles.